The molecule has 1 aliphatic rings. The molecule has 6 nitrogen and oxygen atoms in total. The molecule has 1 atom stereocenters. The Morgan fingerprint density at radius 1 is 1.15 bits per heavy atom. The molecule has 0 amide bonds. The molecular weight excluding hydrogens is 463 g/mol. The molecule has 0 bridgehead atoms. The Hall–Kier alpha value is -1.19. The standard InChI is InChI=1S/C16H13BrCl2N4O2S/c17-10-8-11(18)15(12(19)9-10)26(24,25)23-7-3-4-13(23)16-21-20-14-5-1-2-6-22(14)16/h1-2,5-6,8-9,13H,3-4,7H2. The van der Waals surface area contributed by atoms with Crippen molar-refractivity contribution in [1.82, 2.24) is 18.9 Å². The van der Waals surface area contributed by atoms with Crippen LogP contribution in [0.15, 0.2) is 45.9 Å². The minimum atomic E-state index is -3.89. The topological polar surface area (TPSA) is 67.6 Å². The zero-order valence-electron chi connectivity index (χ0n) is 13.3. The summed E-state index contributed by atoms with van der Waals surface area (Å²) >= 11 is 15.7. The molecular formula is C16H13BrCl2N4O2S. The summed E-state index contributed by atoms with van der Waals surface area (Å²) in [7, 11) is -3.89. The van der Waals surface area contributed by atoms with Gasteiger partial charge in [0.1, 0.15) is 4.90 Å². The van der Waals surface area contributed by atoms with Gasteiger partial charge in [0, 0.05) is 17.2 Å². The van der Waals surface area contributed by atoms with Crippen molar-refractivity contribution in [1.29, 1.82) is 0 Å². The summed E-state index contributed by atoms with van der Waals surface area (Å²) in [4.78, 5) is -0.0789. The van der Waals surface area contributed by atoms with E-state index in [2.05, 4.69) is 26.1 Å². The first-order chi connectivity index (χ1) is 12.4. The van der Waals surface area contributed by atoms with Crippen LogP contribution < -0.4 is 0 Å². The quantitative estimate of drug-likeness (QED) is 0.565. The monoisotopic (exact) mass is 474 g/mol. The Bertz CT molecular complexity index is 1080. The molecule has 1 aromatic carbocycles. The van der Waals surface area contributed by atoms with E-state index in [1.54, 1.807) is 0 Å². The number of nitrogens with zero attached hydrogens (tertiary/aromatic N) is 4. The van der Waals surface area contributed by atoms with Gasteiger partial charge in [0.2, 0.25) is 10.0 Å². The molecule has 1 aliphatic heterocycles. The van der Waals surface area contributed by atoms with Crippen LogP contribution >= 0.6 is 39.1 Å². The van der Waals surface area contributed by atoms with Crippen molar-refractivity contribution in [3.05, 3.63) is 56.9 Å². The molecule has 2 aromatic heterocycles. The zero-order chi connectivity index (χ0) is 18.5. The molecule has 0 radical (unpaired) electrons. The van der Waals surface area contributed by atoms with Crippen molar-refractivity contribution in [3.63, 3.8) is 0 Å². The maximum absolute atomic E-state index is 13.3. The average Bonchev–Trinajstić information content (AvgIpc) is 3.20. The summed E-state index contributed by atoms with van der Waals surface area (Å²) in [6, 6.07) is 8.17. The van der Waals surface area contributed by atoms with Gasteiger partial charge in [0.05, 0.1) is 16.1 Å². The van der Waals surface area contributed by atoms with Crippen molar-refractivity contribution in [2.45, 2.75) is 23.8 Å². The smallest absolute Gasteiger partial charge is 0.246 e. The number of fused-ring (bicyclic) bond motifs is 1. The number of rotatable bonds is 3. The first kappa shape index (κ1) is 18.2. The van der Waals surface area contributed by atoms with E-state index >= 15 is 0 Å². The lowest BCUT2D eigenvalue weighted by Crippen LogP contribution is -2.32. The minimum Gasteiger partial charge on any atom is -0.285 e. The van der Waals surface area contributed by atoms with E-state index in [4.69, 9.17) is 23.2 Å². The van der Waals surface area contributed by atoms with Crippen molar-refractivity contribution in [3.8, 4) is 0 Å². The summed E-state index contributed by atoms with van der Waals surface area (Å²) in [6.07, 6.45) is 3.20. The molecule has 1 fully saturated rings. The summed E-state index contributed by atoms with van der Waals surface area (Å²) < 4.78 is 30.5. The Kier molecular flexibility index (Phi) is 4.73. The molecule has 0 N–H and O–H groups in total. The van der Waals surface area contributed by atoms with Gasteiger partial charge in [-0.3, -0.25) is 4.40 Å². The third-order valence-corrected chi connectivity index (χ3v) is 7.66. The van der Waals surface area contributed by atoms with Crippen LogP contribution in [0.3, 0.4) is 0 Å². The average molecular weight is 476 g/mol. The van der Waals surface area contributed by atoms with E-state index in [0.717, 1.165) is 6.42 Å². The van der Waals surface area contributed by atoms with Gasteiger partial charge in [-0.2, -0.15) is 4.31 Å². The lowest BCUT2D eigenvalue weighted by atomic mass is 10.2. The van der Waals surface area contributed by atoms with Crippen LogP contribution in [-0.2, 0) is 10.0 Å². The summed E-state index contributed by atoms with van der Waals surface area (Å²) in [6.45, 7) is 0.372. The third-order valence-electron chi connectivity index (χ3n) is 4.37. The maximum Gasteiger partial charge on any atom is 0.246 e. The van der Waals surface area contributed by atoms with Crippen molar-refractivity contribution < 1.29 is 8.42 Å². The van der Waals surface area contributed by atoms with Gasteiger partial charge in [0.15, 0.2) is 11.5 Å². The van der Waals surface area contributed by atoms with E-state index in [1.807, 2.05) is 28.8 Å². The van der Waals surface area contributed by atoms with Gasteiger partial charge >= 0.3 is 0 Å². The van der Waals surface area contributed by atoms with Crippen molar-refractivity contribution in [2.24, 2.45) is 0 Å². The molecule has 0 aliphatic carbocycles. The fourth-order valence-electron chi connectivity index (χ4n) is 3.27. The van der Waals surface area contributed by atoms with E-state index in [1.165, 1.54) is 16.4 Å². The second kappa shape index (κ2) is 6.76. The number of benzene rings is 1. The number of hydrogen-bond acceptors (Lipinski definition) is 4. The van der Waals surface area contributed by atoms with Gasteiger partial charge in [0.25, 0.3) is 0 Å². The number of pyridine rings is 1. The fraction of sp³-hybridized carbons (Fsp3) is 0.250. The molecule has 0 spiro atoms. The Morgan fingerprint density at radius 2 is 1.88 bits per heavy atom. The normalized spacial score (nSPS) is 18.7. The largest absolute Gasteiger partial charge is 0.285 e. The van der Waals surface area contributed by atoms with Crippen LogP contribution in [0, 0.1) is 0 Å². The van der Waals surface area contributed by atoms with Gasteiger partial charge in [-0.1, -0.05) is 45.2 Å². The molecule has 10 heteroatoms. The molecule has 0 saturated carbocycles. The van der Waals surface area contributed by atoms with Gasteiger partial charge in [-0.15, -0.1) is 10.2 Å². The predicted molar refractivity (Wildman–Crippen MR) is 103 cm³/mol. The fourth-order valence-corrected chi connectivity index (χ4v) is 6.81. The second-order valence-electron chi connectivity index (χ2n) is 5.96. The van der Waals surface area contributed by atoms with Gasteiger partial charge in [-0.25, -0.2) is 8.42 Å². The molecule has 3 heterocycles. The van der Waals surface area contributed by atoms with Crippen LogP contribution in [0.5, 0.6) is 0 Å². The highest BCUT2D eigenvalue weighted by atomic mass is 79.9. The van der Waals surface area contributed by atoms with Crippen LogP contribution in [0.25, 0.3) is 5.65 Å². The van der Waals surface area contributed by atoms with E-state index in [9.17, 15) is 8.42 Å². The molecule has 1 unspecified atom stereocenters. The Balaban J connectivity index is 1.82. The molecule has 136 valence electrons. The van der Waals surface area contributed by atoms with E-state index < -0.39 is 16.1 Å². The Labute approximate surface area is 168 Å². The lowest BCUT2D eigenvalue weighted by Gasteiger charge is -2.24. The zero-order valence-corrected chi connectivity index (χ0v) is 17.2. The second-order valence-corrected chi connectivity index (χ2v) is 9.52. The molecule has 4 rings (SSSR count). The molecule has 26 heavy (non-hydrogen) atoms. The van der Waals surface area contributed by atoms with Crippen LogP contribution in [0.1, 0.15) is 24.7 Å². The highest BCUT2D eigenvalue weighted by molar-refractivity contribution is 9.10. The highest BCUT2D eigenvalue weighted by Crippen LogP contribution is 2.41. The third kappa shape index (κ3) is 2.93. The summed E-state index contributed by atoms with van der Waals surface area (Å²) in [5.41, 5.74) is 0.673. The van der Waals surface area contributed by atoms with Crippen molar-refractivity contribution in [2.75, 3.05) is 6.54 Å². The number of aromatic nitrogens is 3. The SMILES string of the molecule is O=S(=O)(c1c(Cl)cc(Br)cc1Cl)N1CCCC1c1nnc2ccccn12. The number of halogens is 3. The van der Waals surface area contributed by atoms with Crippen LogP contribution in [0.2, 0.25) is 10.0 Å². The van der Waals surface area contributed by atoms with E-state index in [0.29, 0.717) is 28.9 Å². The minimum absolute atomic E-state index is 0.0789. The van der Waals surface area contributed by atoms with Crippen LogP contribution in [0.4, 0.5) is 0 Å². The lowest BCUT2D eigenvalue weighted by molar-refractivity contribution is 0.381. The van der Waals surface area contributed by atoms with Crippen LogP contribution in [-0.4, -0.2) is 33.9 Å². The summed E-state index contributed by atoms with van der Waals surface area (Å²) in [5, 5.41) is 8.53. The van der Waals surface area contributed by atoms with Gasteiger partial charge < -0.3 is 0 Å². The summed E-state index contributed by atoms with van der Waals surface area (Å²) in [5.74, 6) is 0.589. The molecule has 1 saturated heterocycles. The van der Waals surface area contributed by atoms with Gasteiger partial charge in [-0.05, 0) is 37.1 Å². The first-order valence-corrected chi connectivity index (χ1v) is 10.8. The first-order valence-electron chi connectivity index (χ1n) is 7.85. The molecule has 3 aromatic rings. The number of sulfonamides is 1. The van der Waals surface area contributed by atoms with Crippen molar-refractivity contribution >= 4 is 54.8 Å². The highest BCUT2D eigenvalue weighted by Gasteiger charge is 2.40. The predicted octanol–water partition coefficient (Wildman–Crippen LogP) is 4.32. The van der Waals surface area contributed by atoms with E-state index in [-0.39, 0.29) is 14.9 Å². The number of hydrogen-bond donors (Lipinski definition) is 0. The maximum atomic E-state index is 13.3. The Morgan fingerprint density at radius 3 is 2.62 bits per heavy atom.